The SMILES string of the molecule is COC(=O)N1CCN(CCNC(=O)c2cc(C)cc(C)c2)CC1. The number of carbonyl (C=O) groups is 2. The standard InChI is InChI=1S/C17H25N3O3/c1-13-10-14(2)12-15(11-13)16(21)18-4-5-19-6-8-20(9-7-19)17(22)23-3/h10-12H,4-9H2,1-3H3,(H,18,21). The summed E-state index contributed by atoms with van der Waals surface area (Å²) in [4.78, 5) is 27.5. The van der Waals surface area contributed by atoms with E-state index in [2.05, 4.69) is 16.3 Å². The molecule has 1 fully saturated rings. The van der Waals surface area contributed by atoms with Gasteiger partial charge in [0, 0.05) is 44.8 Å². The number of benzene rings is 1. The number of carbonyl (C=O) groups excluding carboxylic acids is 2. The van der Waals surface area contributed by atoms with Crippen LogP contribution in [0, 0.1) is 13.8 Å². The molecule has 0 aromatic heterocycles. The topological polar surface area (TPSA) is 61.9 Å². The van der Waals surface area contributed by atoms with E-state index in [1.54, 1.807) is 4.90 Å². The molecule has 1 N–H and O–H groups in total. The second-order valence-corrected chi connectivity index (χ2v) is 5.93. The highest BCUT2D eigenvalue weighted by Crippen LogP contribution is 2.08. The van der Waals surface area contributed by atoms with Crippen molar-refractivity contribution in [2.24, 2.45) is 0 Å². The third-order valence-electron chi connectivity index (χ3n) is 4.00. The third-order valence-corrected chi connectivity index (χ3v) is 4.00. The number of nitrogens with zero attached hydrogens (tertiary/aromatic N) is 2. The van der Waals surface area contributed by atoms with E-state index < -0.39 is 0 Å². The van der Waals surface area contributed by atoms with Crippen molar-refractivity contribution < 1.29 is 14.3 Å². The predicted octanol–water partition coefficient (Wildman–Crippen LogP) is 1.42. The molecular weight excluding hydrogens is 294 g/mol. The Kier molecular flexibility index (Phi) is 5.98. The van der Waals surface area contributed by atoms with E-state index in [0.717, 1.165) is 30.8 Å². The van der Waals surface area contributed by atoms with Crippen molar-refractivity contribution in [1.29, 1.82) is 0 Å². The molecule has 1 saturated heterocycles. The molecule has 6 heteroatoms. The molecule has 0 saturated carbocycles. The average molecular weight is 319 g/mol. The van der Waals surface area contributed by atoms with Crippen molar-refractivity contribution in [2.75, 3.05) is 46.4 Å². The predicted molar refractivity (Wildman–Crippen MR) is 88.7 cm³/mol. The average Bonchev–Trinajstić information content (AvgIpc) is 2.53. The van der Waals surface area contributed by atoms with Crippen LogP contribution in [0.25, 0.3) is 0 Å². The van der Waals surface area contributed by atoms with Crippen LogP contribution in [0.5, 0.6) is 0 Å². The molecule has 2 amide bonds. The lowest BCUT2D eigenvalue weighted by Crippen LogP contribution is -2.50. The minimum absolute atomic E-state index is 0.0370. The molecule has 6 nitrogen and oxygen atoms in total. The number of hydrogen-bond donors (Lipinski definition) is 1. The van der Waals surface area contributed by atoms with E-state index in [1.807, 2.05) is 26.0 Å². The number of nitrogens with one attached hydrogen (secondary N) is 1. The third kappa shape index (κ3) is 4.96. The molecule has 0 bridgehead atoms. The first kappa shape index (κ1) is 17.3. The summed E-state index contributed by atoms with van der Waals surface area (Å²) < 4.78 is 4.72. The Morgan fingerprint density at radius 1 is 1.09 bits per heavy atom. The number of piperazine rings is 1. The van der Waals surface area contributed by atoms with Gasteiger partial charge in [-0.3, -0.25) is 9.69 Å². The van der Waals surface area contributed by atoms with E-state index >= 15 is 0 Å². The van der Waals surface area contributed by atoms with Gasteiger partial charge in [0.1, 0.15) is 0 Å². The number of methoxy groups -OCH3 is 1. The summed E-state index contributed by atoms with van der Waals surface area (Å²) in [6.45, 7) is 8.29. The summed E-state index contributed by atoms with van der Waals surface area (Å²) in [6.07, 6.45) is -0.271. The maximum Gasteiger partial charge on any atom is 0.409 e. The second kappa shape index (κ2) is 7.97. The Morgan fingerprint density at radius 3 is 2.26 bits per heavy atom. The minimum atomic E-state index is -0.271. The minimum Gasteiger partial charge on any atom is -0.453 e. The summed E-state index contributed by atoms with van der Waals surface area (Å²) in [5, 5.41) is 2.96. The van der Waals surface area contributed by atoms with Crippen LogP contribution in [0.4, 0.5) is 4.79 Å². The molecule has 1 aliphatic heterocycles. The van der Waals surface area contributed by atoms with Gasteiger partial charge in [0.25, 0.3) is 5.91 Å². The van der Waals surface area contributed by atoms with E-state index in [-0.39, 0.29) is 12.0 Å². The van der Waals surface area contributed by atoms with Crippen LogP contribution < -0.4 is 5.32 Å². The molecule has 0 radical (unpaired) electrons. The summed E-state index contributed by atoms with van der Waals surface area (Å²) in [5.41, 5.74) is 2.89. The molecular formula is C17H25N3O3. The van der Waals surface area contributed by atoms with Gasteiger partial charge < -0.3 is 15.0 Å². The van der Waals surface area contributed by atoms with Gasteiger partial charge in [-0.1, -0.05) is 17.2 Å². The zero-order valence-electron chi connectivity index (χ0n) is 14.1. The fourth-order valence-corrected chi connectivity index (χ4v) is 2.82. The number of aryl methyl sites for hydroxylation is 2. The van der Waals surface area contributed by atoms with E-state index in [0.29, 0.717) is 25.2 Å². The van der Waals surface area contributed by atoms with Crippen molar-refractivity contribution in [3.8, 4) is 0 Å². The molecule has 0 spiro atoms. The summed E-state index contributed by atoms with van der Waals surface area (Å²) >= 11 is 0. The Labute approximate surface area is 137 Å². The smallest absolute Gasteiger partial charge is 0.409 e. The van der Waals surface area contributed by atoms with Gasteiger partial charge in [-0.2, -0.15) is 0 Å². The highest BCUT2D eigenvalue weighted by Gasteiger charge is 2.21. The van der Waals surface area contributed by atoms with Crippen LogP contribution >= 0.6 is 0 Å². The van der Waals surface area contributed by atoms with E-state index in [4.69, 9.17) is 4.74 Å². The normalized spacial score (nSPS) is 15.3. The summed E-state index contributed by atoms with van der Waals surface area (Å²) in [7, 11) is 1.40. The van der Waals surface area contributed by atoms with Gasteiger partial charge >= 0.3 is 6.09 Å². The van der Waals surface area contributed by atoms with E-state index in [9.17, 15) is 9.59 Å². The van der Waals surface area contributed by atoms with Gasteiger partial charge in [-0.25, -0.2) is 4.79 Å². The largest absolute Gasteiger partial charge is 0.453 e. The number of amides is 2. The fourth-order valence-electron chi connectivity index (χ4n) is 2.82. The van der Waals surface area contributed by atoms with Crippen LogP contribution in [0.15, 0.2) is 18.2 Å². The Bertz CT molecular complexity index is 546. The molecule has 2 rings (SSSR count). The van der Waals surface area contributed by atoms with Crippen molar-refractivity contribution in [1.82, 2.24) is 15.1 Å². The number of ether oxygens (including phenoxy) is 1. The van der Waals surface area contributed by atoms with Gasteiger partial charge in [-0.15, -0.1) is 0 Å². The molecule has 0 unspecified atom stereocenters. The molecule has 1 heterocycles. The summed E-state index contributed by atoms with van der Waals surface area (Å²) in [5.74, 6) is -0.0370. The molecule has 1 aromatic carbocycles. The lowest BCUT2D eigenvalue weighted by molar-refractivity contribution is 0.0885. The highest BCUT2D eigenvalue weighted by atomic mass is 16.5. The highest BCUT2D eigenvalue weighted by molar-refractivity contribution is 5.94. The molecule has 0 aliphatic carbocycles. The maximum atomic E-state index is 12.2. The van der Waals surface area contributed by atoms with Crippen molar-refractivity contribution in [3.05, 3.63) is 34.9 Å². The Hall–Kier alpha value is -2.08. The number of rotatable bonds is 4. The van der Waals surface area contributed by atoms with Crippen molar-refractivity contribution in [2.45, 2.75) is 13.8 Å². The lowest BCUT2D eigenvalue weighted by Gasteiger charge is -2.33. The molecule has 1 aromatic rings. The fraction of sp³-hybridized carbons (Fsp3) is 0.529. The first-order valence-electron chi connectivity index (χ1n) is 7.91. The first-order chi connectivity index (χ1) is 11.0. The van der Waals surface area contributed by atoms with Crippen LogP contribution in [0.1, 0.15) is 21.5 Å². The van der Waals surface area contributed by atoms with E-state index in [1.165, 1.54) is 7.11 Å². The van der Waals surface area contributed by atoms with Crippen LogP contribution in [-0.4, -0.2) is 68.2 Å². The second-order valence-electron chi connectivity index (χ2n) is 5.93. The first-order valence-corrected chi connectivity index (χ1v) is 7.91. The summed E-state index contributed by atoms with van der Waals surface area (Å²) in [6, 6.07) is 5.85. The molecule has 0 atom stereocenters. The maximum absolute atomic E-state index is 12.2. The van der Waals surface area contributed by atoms with Gasteiger partial charge in [0.15, 0.2) is 0 Å². The van der Waals surface area contributed by atoms with Gasteiger partial charge in [0.05, 0.1) is 7.11 Å². The van der Waals surface area contributed by atoms with Crippen molar-refractivity contribution >= 4 is 12.0 Å². The molecule has 126 valence electrons. The monoisotopic (exact) mass is 319 g/mol. The lowest BCUT2D eigenvalue weighted by atomic mass is 10.1. The van der Waals surface area contributed by atoms with Gasteiger partial charge in [0.2, 0.25) is 0 Å². The Balaban J connectivity index is 1.73. The molecule has 23 heavy (non-hydrogen) atoms. The van der Waals surface area contributed by atoms with Crippen LogP contribution in [0.3, 0.4) is 0 Å². The molecule has 1 aliphatic rings. The van der Waals surface area contributed by atoms with Crippen LogP contribution in [0.2, 0.25) is 0 Å². The van der Waals surface area contributed by atoms with Crippen molar-refractivity contribution in [3.63, 3.8) is 0 Å². The zero-order valence-corrected chi connectivity index (χ0v) is 14.1. The quantitative estimate of drug-likeness (QED) is 0.912. The number of hydrogen-bond acceptors (Lipinski definition) is 4. The van der Waals surface area contributed by atoms with Crippen LogP contribution in [-0.2, 0) is 4.74 Å². The zero-order chi connectivity index (χ0) is 16.8. The Morgan fingerprint density at radius 2 is 1.70 bits per heavy atom. The van der Waals surface area contributed by atoms with Gasteiger partial charge in [-0.05, 0) is 26.0 Å².